The largest absolute Gasteiger partial charge is 0.384 e. The van der Waals surface area contributed by atoms with Crippen LogP contribution in [0.15, 0.2) is 24.3 Å². The molecule has 0 saturated heterocycles. The summed E-state index contributed by atoms with van der Waals surface area (Å²) in [6.45, 7) is 2.05. The molecule has 0 radical (unpaired) electrons. The minimum Gasteiger partial charge on any atom is -0.384 e. The van der Waals surface area contributed by atoms with Crippen molar-refractivity contribution in [3.63, 3.8) is 0 Å². The van der Waals surface area contributed by atoms with Gasteiger partial charge in [-0.1, -0.05) is 22.0 Å². The molecule has 0 spiro atoms. The summed E-state index contributed by atoms with van der Waals surface area (Å²) in [5.41, 5.74) is 9.07. The molecule has 0 aliphatic rings. The molecular formula is C11H11BrN2. The standard InChI is InChI=1S/C11H11BrN2/c1-7-4-11(13)14-10-3-2-8(6-12)5-9(7)10/h2-5H,6H2,1H3,(H2,13,14). The topological polar surface area (TPSA) is 38.9 Å². The van der Waals surface area contributed by atoms with Crippen molar-refractivity contribution in [1.29, 1.82) is 0 Å². The second-order valence-electron chi connectivity index (χ2n) is 3.35. The van der Waals surface area contributed by atoms with Crippen LogP contribution >= 0.6 is 15.9 Å². The number of aromatic nitrogens is 1. The van der Waals surface area contributed by atoms with Crippen molar-refractivity contribution in [3.05, 3.63) is 35.4 Å². The van der Waals surface area contributed by atoms with Crippen molar-refractivity contribution in [3.8, 4) is 0 Å². The Bertz CT molecular complexity index is 480. The van der Waals surface area contributed by atoms with Crippen molar-refractivity contribution in [2.45, 2.75) is 12.3 Å². The Kier molecular flexibility index (Phi) is 2.42. The third-order valence-electron chi connectivity index (χ3n) is 2.25. The van der Waals surface area contributed by atoms with E-state index in [9.17, 15) is 0 Å². The van der Waals surface area contributed by atoms with E-state index in [0.29, 0.717) is 5.82 Å². The van der Waals surface area contributed by atoms with Crippen molar-refractivity contribution in [1.82, 2.24) is 4.98 Å². The van der Waals surface area contributed by atoms with Gasteiger partial charge in [-0.2, -0.15) is 0 Å². The first-order valence-corrected chi connectivity index (χ1v) is 5.54. The highest BCUT2D eigenvalue weighted by Crippen LogP contribution is 2.21. The van der Waals surface area contributed by atoms with Crippen LogP contribution in [0.3, 0.4) is 0 Å². The lowest BCUT2D eigenvalue weighted by atomic mass is 10.1. The molecule has 0 unspecified atom stereocenters. The van der Waals surface area contributed by atoms with E-state index < -0.39 is 0 Å². The van der Waals surface area contributed by atoms with Crippen molar-refractivity contribution in [2.24, 2.45) is 0 Å². The quantitative estimate of drug-likeness (QED) is 0.791. The number of hydrogen-bond donors (Lipinski definition) is 1. The normalized spacial score (nSPS) is 10.7. The number of fused-ring (bicyclic) bond motifs is 1. The number of aryl methyl sites for hydroxylation is 1. The number of halogens is 1. The third-order valence-corrected chi connectivity index (χ3v) is 2.90. The molecule has 0 bridgehead atoms. The van der Waals surface area contributed by atoms with Crippen LogP contribution in [-0.2, 0) is 5.33 Å². The Hall–Kier alpha value is -1.09. The number of nitrogens with zero attached hydrogens (tertiary/aromatic N) is 1. The molecule has 2 N–H and O–H groups in total. The highest BCUT2D eigenvalue weighted by Gasteiger charge is 2.01. The number of hydrogen-bond acceptors (Lipinski definition) is 2. The molecule has 1 heterocycles. The van der Waals surface area contributed by atoms with E-state index in [0.717, 1.165) is 10.8 Å². The third kappa shape index (κ3) is 1.60. The summed E-state index contributed by atoms with van der Waals surface area (Å²) in [5, 5.41) is 2.04. The van der Waals surface area contributed by atoms with Crippen LogP contribution < -0.4 is 5.73 Å². The average Bonchev–Trinajstić information content (AvgIpc) is 2.17. The molecule has 0 amide bonds. The summed E-state index contributed by atoms with van der Waals surface area (Å²) in [5.74, 6) is 0.585. The van der Waals surface area contributed by atoms with Crippen LogP contribution in [0.2, 0.25) is 0 Å². The Morgan fingerprint density at radius 1 is 1.36 bits per heavy atom. The first-order valence-electron chi connectivity index (χ1n) is 4.42. The lowest BCUT2D eigenvalue weighted by Gasteiger charge is -2.04. The van der Waals surface area contributed by atoms with Crippen LogP contribution in [0.1, 0.15) is 11.1 Å². The summed E-state index contributed by atoms with van der Waals surface area (Å²) in [6.07, 6.45) is 0. The van der Waals surface area contributed by atoms with Gasteiger partial charge < -0.3 is 5.73 Å². The van der Waals surface area contributed by atoms with Crippen LogP contribution in [0.4, 0.5) is 5.82 Å². The van der Waals surface area contributed by atoms with Gasteiger partial charge in [0.25, 0.3) is 0 Å². The molecule has 1 aromatic carbocycles. The van der Waals surface area contributed by atoms with E-state index in [1.807, 2.05) is 12.1 Å². The zero-order valence-corrected chi connectivity index (χ0v) is 9.51. The van der Waals surface area contributed by atoms with E-state index in [4.69, 9.17) is 5.73 Å². The van der Waals surface area contributed by atoms with E-state index in [2.05, 4.69) is 40.0 Å². The molecule has 14 heavy (non-hydrogen) atoms. The summed E-state index contributed by atoms with van der Waals surface area (Å²) < 4.78 is 0. The van der Waals surface area contributed by atoms with Gasteiger partial charge in [-0.25, -0.2) is 4.98 Å². The zero-order valence-electron chi connectivity index (χ0n) is 7.92. The average molecular weight is 251 g/mol. The molecule has 2 nitrogen and oxygen atoms in total. The Morgan fingerprint density at radius 3 is 2.86 bits per heavy atom. The highest BCUT2D eigenvalue weighted by molar-refractivity contribution is 9.08. The lowest BCUT2D eigenvalue weighted by molar-refractivity contribution is 1.35. The van der Waals surface area contributed by atoms with Gasteiger partial charge in [0.2, 0.25) is 0 Å². The van der Waals surface area contributed by atoms with Gasteiger partial charge in [-0.05, 0) is 36.2 Å². The van der Waals surface area contributed by atoms with Gasteiger partial charge in [0.15, 0.2) is 0 Å². The fourth-order valence-corrected chi connectivity index (χ4v) is 1.90. The van der Waals surface area contributed by atoms with E-state index in [1.165, 1.54) is 16.5 Å². The van der Waals surface area contributed by atoms with Gasteiger partial charge in [0.05, 0.1) is 5.52 Å². The van der Waals surface area contributed by atoms with Crippen LogP contribution in [0.25, 0.3) is 10.9 Å². The number of nitrogens with two attached hydrogens (primary N) is 1. The second kappa shape index (κ2) is 3.58. The Balaban J connectivity index is 2.75. The smallest absolute Gasteiger partial charge is 0.124 e. The van der Waals surface area contributed by atoms with Gasteiger partial charge in [0, 0.05) is 10.7 Å². The second-order valence-corrected chi connectivity index (χ2v) is 3.91. The highest BCUT2D eigenvalue weighted by atomic mass is 79.9. The number of anilines is 1. The Labute approximate surface area is 91.3 Å². The maximum absolute atomic E-state index is 5.67. The molecule has 2 rings (SSSR count). The van der Waals surface area contributed by atoms with Crippen LogP contribution in [0.5, 0.6) is 0 Å². The van der Waals surface area contributed by atoms with Crippen molar-refractivity contribution in [2.75, 3.05) is 5.73 Å². The molecule has 0 aliphatic heterocycles. The monoisotopic (exact) mass is 250 g/mol. The molecule has 0 atom stereocenters. The van der Waals surface area contributed by atoms with E-state index >= 15 is 0 Å². The molecule has 3 heteroatoms. The molecule has 0 aliphatic carbocycles. The van der Waals surface area contributed by atoms with Gasteiger partial charge in [-0.3, -0.25) is 0 Å². The molecule has 72 valence electrons. The maximum atomic E-state index is 5.67. The van der Waals surface area contributed by atoms with Crippen molar-refractivity contribution >= 4 is 32.7 Å². The fourth-order valence-electron chi connectivity index (χ4n) is 1.55. The predicted molar refractivity (Wildman–Crippen MR) is 63.5 cm³/mol. The molecule has 0 saturated carbocycles. The predicted octanol–water partition coefficient (Wildman–Crippen LogP) is 3.02. The number of pyridine rings is 1. The van der Waals surface area contributed by atoms with Gasteiger partial charge >= 0.3 is 0 Å². The minimum absolute atomic E-state index is 0.585. The number of rotatable bonds is 1. The first kappa shape index (κ1) is 9.46. The van der Waals surface area contributed by atoms with Gasteiger partial charge in [0.1, 0.15) is 5.82 Å². The lowest BCUT2D eigenvalue weighted by Crippen LogP contribution is -1.93. The van der Waals surface area contributed by atoms with E-state index in [-0.39, 0.29) is 0 Å². The van der Waals surface area contributed by atoms with E-state index in [1.54, 1.807) is 0 Å². The van der Waals surface area contributed by atoms with Gasteiger partial charge in [-0.15, -0.1) is 0 Å². The summed E-state index contributed by atoms with van der Waals surface area (Å²) >= 11 is 3.44. The first-order chi connectivity index (χ1) is 6.70. The van der Waals surface area contributed by atoms with Crippen molar-refractivity contribution < 1.29 is 0 Å². The molecule has 2 aromatic rings. The Morgan fingerprint density at radius 2 is 2.14 bits per heavy atom. The number of nitrogen functional groups attached to an aromatic ring is 1. The minimum atomic E-state index is 0.585. The summed E-state index contributed by atoms with van der Waals surface area (Å²) in [7, 11) is 0. The molecular weight excluding hydrogens is 240 g/mol. The summed E-state index contributed by atoms with van der Waals surface area (Å²) in [4.78, 5) is 4.27. The molecule has 0 fully saturated rings. The fraction of sp³-hybridized carbons (Fsp3) is 0.182. The molecule has 1 aromatic heterocycles. The number of benzene rings is 1. The zero-order chi connectivity index (χ0) is 10.1. The van der Waals surface area contributed by atoms with Crippen LogP contribution in [-0.4, -0.2) is 4.98 Å². The maximum Gasteiger partial charge on any atom is 0.124 e. The number of alkyl halides is 1. The summed E-state index contributed by atoms with van der Waals surface area (Å²) in [6, 6.07) is 8.12. The SMILES string of the molecule is Cc1cc(N)nc2ccc(CBr)cc12. The van der Waals surface area contributed by atoms with Crippen LogP contribution in [0, 0.1) is 6.92 Å².